The Bertz CT molecular complexity index is 682. The highest BCUT2D eigenvalue weighted by Gasteiger charge is 2.49. The van der Waals surface area contributed by atoms with Gasteiger partial charge in [0.05, 0.1) is 11.3 Å². The molecule has 0 N–H and O–H groups in total. The average Bonchev–Trinajstić information content (AvgIpc) is 2.72. The van der Waals surface area contributed by atoms with Gasteiger partial charge in [0.15, 0.2) is 5.78 Å². The zero-order valence-electron chi connectivity index (χ0n) is 11.8. The maximum Gasteiger partial charge on any atom is 0.176 e. The number of carbonyl (C=O) groups is 1. The van der Waals surface area contributed by atoms with E-state index in [-0.39, 0.29) is 28.6 Å². The van der Waals surface area contributed by atoms with E-state index in [0.29, 0.717) is 0 Å². The zero-order valence-corrected chi connectivity index (χ0v) is 13.4. The lowest BCUT2D eigenvalue weighted by Gasteiger charge is -2.44. The monoisotopic (exact) mass is 333 g/mol. The summed E-state index contributed by atoms with van der Waals surface area (Å²) in [7, 11) is 1.91. The molecule has 0 bridgehead atoms. The molecule has 1 heterocycles. The van der Waals surface area contributed by atoms with Gasteiger partial charge in [0.2, 0.25) is 0 Å². The highest BCUT2D eigenvalue weighted by Crippen LogP contribution is 2.50. The van der Waals surface area contributed by atoms with E-state index in [1.165, 1.54) is 5.56 Å². The second-order valence-electron chi connectivity index (χ2n) is 5.99. The molecule has 0 aromatic carbocycles. The van der Waals surface area contributed by atoms with Crippen LogP contribution in [0.2, 0.25) is 0 Å². The Hall–Kier alpha value is -1.41. The molecule has 20 heavy (non-hydrogen) atoms. The molecule has 3 atom stereocenters. The fraction of sp³-hybridized carbons (Fsp3) is 0.533. The largest absolute Gasteiger partial charge is 0.293 e. The Balaban J connectivity index is 2.26. The third-order valence-corrected chi connectivity index (χ3v) is 5.89. The Morgan fingerprint density at radius 3 is 2.95 bits per heavy atom. The van der Waals surface area contributed by atoms with Crippen LogP contribution in [0.15, 0.2) is 16.3 Å². The number of hydrogen-bond donors (Lipinski definition) is 0. The number of allylic oxidation sites excluding steroid dienone is 2. The number of fused-ring (bicyclic) bond motifs is 3. The molecule has 5 heteroatoms. The SMILES string of the molecule is C[C@@H]1C(=O)C(C#N)=C[C@]2(C)c3nn(C)c(Br)c3CCC12. The van der Waals surface area contributed by atoms with Crippen molar-refractivity contribution < 1.29 is 4.79 Å². The van der Waals surface area contributed by atoms with Crippen molar-refractivity contribution in [2.75, 3.05) is 0 Å². The second kappa shape index (κ2) is 4.29. The van der Waals surface area contributed by atoms with Crippen molar-refractivity contribution in [3.05, 3.63) is 27.5 Å². The van der Waals surface area contributed by atoms with Gasteiger partial charge in [-0.05, 0) is 34.7 Å². The highest BCUT2D eigenvalue weighted by molar-refractivity contribution is 9.10. The molecule has 1 aromatic rings. The van der Waals surface area contributed by atoms with Gasteiger partial charge in [0, 0.05) is 23.9 Å². The van der Waals surface area contributed by atoms with Gasteiger partial charge < -0.3 is 0 Å². The fourth-order valence-corrected chi connectivity index (χ4v) is 4.27. The van der Waals surface area contributed by atoms with Crippen LogP contribution in [-0.4, -0.2) is 15.6 Å². The molecule has 0 aliphatic heterocycles. The highest BCUT2D eigenvalue weighted by atomic mass is 79.9. The Morgan fingerprint density at radius 2 is 2.30 bits per heavy atom. The third kappa shape index (κ3) is 1.58. The van der Waals surface area contributed by atoms with Crippen molar-refractivity contribution in [1.82, 2.24) is 9.78 Å². The van der Waals surface area contributed by atoms with E-state index in [0.717, 1.165) is 23.1 Å². The van der Waals surface area contributed by atoms with E-state index in [4.69, 9.17) is 0 Å². The molecule has 2 aliphatic rings. The van der Waals surface area contributed by atoms with Gasteiger partial charge in [-0.1, -0.05) is 19.9 Å². The predicted octanol–water partition coefficient (Wildman–Crippen LogP) is 2.67. The number of carbonyl (C=O) groups excluding carboxylic acids is 1. The molecular weight excluding hydrogens is 318 g/mol. The normalized spacial score (nSPS) is 32.1. The number of aryl methyl sites for hydroxylation is 1. The predicted molar refractivity (Wildman–Crippen MR) is 77.9 cm³/mol. The summed E-state index contributed by atoms with van der Waals surface area (Å²) in [6.07, 6.45) is 3.73. The van der Waals surface area contributed by atoms with Crippen LogP contribution >= 0.6 is 15.9 Å². The van der Waals surface area contributed by atoms with Crippen molar-refractivity contribution in [3.63, 3.8) is 0 Å². The van der Waals surface area contributed by atoms with Crippen LogP contribution in [0.1, 0.15) is 31.5 Å². The van der Waals surface area contributed by atoms with Crippen LogP contribution in [0, 0.1) is 23.2 Å². The third-order valence-electron chi connectivity index (χ3n) is 4.90. The van der Waals surface area contributed by atoms with Crippen LogP contribution in [0.3, 0.4) is 0 Å². The lowest BCUT2D eigenvalue weighted by atomic mass is 9.58. The first-order valence-electron chi connectivity index (χ1n) is 6.79. The summed E-state index contributed by atoms with van der Waals surface area (Å²) < 4.78 is 2.84. The van der Waals surface area contributed by atoms with Crippen LogP contribution in [0.4, 0.5) is 0 Å². The summed E-state index contributed by atoms with van der Waals surface area (Å²) in [5, 5.41) is 13.9. The first-order chi connectivity index (χ1) is 9.40. The maximum absolute atomic E-state index is 12.2. The lowest BCUT2D eigenvalue weighted by molar-refractivity contribution is -0.121. The summed E-state index contributed by atoms with van der Waals surface area (Å²) in [6, 6.07) is 2.06. The van der Waals surface area contributed by atoms with Crippen molar-refractivity contribution >= 4 is 21.7 Å². The molecule has 1 aromatic heterocycles. The smallest absolute Gasteiger partial charge is 0.176 e. The van der Waals surface area contributed by atoms with E-state index in [9.17, 15) is 10.1 Å². The number of nitrogens with zero attached hydrogens (tertiary/aromatic N) is 3. The van der Waals surface area contributed by atoms with Gasteiger partial charge in [0.1, 0.15) is 10.7 Å². The van der Waals surface area contributed by atoms with Gasteiger partial charge in [0.25, 0.3) is 0 Å². The molecular formula is C15H16BrN3O. The van der Waals surface area contributed by atoms with Crippen molar-refractivity contribution in [2.45, 2.75) is 32.1 Å². The second-order valence-corrected chi connectivity index (χ2v) is 6.74. The van der Waals surface area contributed by atoms with Crippen LogP contribution < -0.4 is 0 Å². The molecule has 4 nitrogen and oxygen atoms in total. The summed E-state index contributed by atoms with van der Waals surface area (Å²) in [5.74, 6) is 0.0865. The minimum absolute atomic E-state index is 0.0200. The summed E-state index contributed by atoms with van der Waals surface area (Å²) in [5.41, 5.74) is 2.18. The van der Waals surface area contributed by atoms with E-state index in [1.807, 2.05) is 24.7 Å². The van der Waals surface area contributed by atoms with E-state index >= 15 is 0 Å². The molecule has 1 unspecified atom stereocenters. The summed E-state index contributed by atoms with van der Waals surface area (Å²) >= 11 is 3.58. The van der Waals surface area contributed by atoms with Crippen LogP contribution in [0.25, 0.3) is 0 Å². The van der Waals surface area contributed by atoms with Gasteiger partial charge in [-0.3, -0.25) is 9.48 Å². The van der Waals surface area contributed by atoms with Gasteiger partial charge in [-0.15, -0.1) is 0 Å². The minimum Gasteiger partial charge on any atom is -0.293 e. The molecule has 0 saturated heterocycles. The number of Topliss-reactive ketones (excluding diaryl/α,β-unsaturated/α-hetero) is 1. The minimum atomic E-state index is -0.324. The molecule has 0 amide bonds. The topological polar surface area (TPSA) is 58.7 Å². The average molecular weight is 334 g/mol. The molecule has 0 spiro atoms. The zero-order chi connectivity index (χ0) is 14.7. The van der Waals surface area contributed by atoms with E-state index in [1.54, 1.807) is 0 Å². The molecule has 2 aliphatic carbocycles. The maximum atomic E-state index is 12.2. The Kier molecular flexibility index (Phi) is 2.91. The number of halogens is 1. The van der Waals surface area contributed by atoms with Gasteiger partial charge >= 0.3 is 0 Å². The van der Waals surface area contributed by atoms with Crippen molar-refractivity contribution in [2.24, 2.45) is 18.9 Å². The molecule has 3 rings (SSSR count). The Morgan fingerprint density at radius 1 is 1.60 bits per heavy atom. The number of hydrogen-bond acceptors (Lipinski definition) is 3. The number of ketones is 1. The quantitative estimate of drug-likeness (QED) is 0.733. The van der Waals surface area contributed by atoms with E-state index in [2.05, 4.69) is 34.0 Å². The molecule has 0 fully saturated rings. The standard InChI is InChI=1S/C15H16BrN3O/c1-8-11-5-4-10-13(18-19(3)14(10)16)15(11,2)6-9(7-17)12(8)20/h6,8,11H,4-5H2,1-3H3/t8-,11?,15-/m0/s1. The Labute approximate surface area is 126 Å². The fourth-order valence-electron chi connectivity index (χ4n) is 3.81. The van der Waals surface area contributed by atoms with Crippen LogP contribution in [-0.2, 0) is 23.7 Å². The summed E-state index contributed by atoms with van der Waals surface area (Å²) in [4.78, 5) is 12.2. The first-order valence-corrected chi connectivity index (χ1v) is 7.58. The molecule has 104 valence electrons. The van der Waals surface area contributed by atoms with Crippen molar-refractivity contribution in [3.8, 4) is 6.07 Å². The summed E-state index contributed by atoms with van der Waals surface area (Å²) in [6.45, 7) is 4.05. The van der Waals surface area contributed by atoms with Crippen molar-refractivity contribution in [1.29, 1.82) is 5.26 Å². The van der Waals surface area contributed by atoms with Gasteiger partial charge in [-0.25, -0.2) is 0 Å². The van der Waals surface area contributed by atoms with Gasteiger partial charge in [-0.2, -0.15) is 10.4 Å². The first kappa shape index (κ1) is 13.6. The number of aromatic nitrogens is 2. The number of nitriles is 1. The van der Waals surface area contributed by atoms with E-state index < -0.39 is 0 Å². The lowest BCUT2D eigenvalue weighted by Crippen LogP contribution is -2.45. The molecule has 0 radical (unpaired) electrons. The number of rotatable bonds is 0. The molecule has 0 saturated carbocycles. The van der Waals surface area contributed by atoms with Crippen LogP contribution in [0.5, 0.6) is 0 Å².